The molecule has 0 heterocycles. The number of anilines is 1. The third kappa shape index (κ3) is 4.47. The van der Waals surface area contributed by atoms with Gasteiger partial charge in [-0.3, -0.25) is 20.9 Å². The number of nitrogens with one attached hydrogen (secondary N) is 1. The van der Waals surface area contributed by atoms with Gasteiger partial charge in [0.1, 0.15) is 5.69 Å². The van der Waals surface area contributed by atoms with E-state index in [1.807, 2.05) is 13.0 Å². The Balaban J connectivity index is 2.83. The fraction of sp³-hybridized carbons (Fsp3) is 0.500. The molecule has 0 fully saturated rings. The van der Waals surface area contributed by atoms with Crippen molar-refractivity contribution in [3.8, 4) is 0 Å². The van der Waals surface area contributed by atoms with Crippen LogP contribution in [0.2, 0.25) is 0 Å². The number of nitro benzene ring substituents is 1. The van der Waals surface area contributed by atoms with Gasteiger partial charge in [-0.25, -0.2) is 0 Å². The number of hydrazine groups is 1. The van der Waals surface area contributed by atoms with Crippen LogP contribution in [0.15, 0.2) is 18.2 Å². The molecule has 0 aliphatic rings. The maximum absolute atomic E-state index is 10.9. The van der Waals surface area contributed by atoms with Crippen molar-refractivity contribution in [2.24, 2.45) is 5.84 Å². The molecule has 3 N–H and O–H groups in total. The molecular weight excluding hydrogens is 248 g/mol. The molecule has 0 aromatic heterocycles. The van der Waals surface area contributed by atoms with Crippen molar-refractivity contribution in [3.05, 3.63) is 33.9 Å². The number of benzene rings is 1. The number of nitrogens with zero attached hydrogens (tertiary/aromatic N) is 2. The van der Waals surface area contributed by atoms with E-state index < -0.39 is 4.92 Å². The summed E-state index contributed by atoms with van der Waals surface area (Å²) in [5.41, 5.74) is 3.51. The number of rotatable bonds is 8. The standard InChI is InChI=1S/C12H20N4O3/c1-3-15(6-7-19-2)9-10-4-5-11(14-13)12(8-10)16(17)18/h4-5,8,14H,3,6-7,9,13H2,1-2H3. The molecule has 0 amide bonds. The van der Waals surface area contributed by atoms with Gasteiger partial charge in [-0.2, -0.15) is 0 Å². The van der Waals surface area contributed by atoms with Crippen molar-refractivity contribution in [2.45, 2.75) is 13.5 Å². The minimum absolute atomic E-state index is 0.0113. The molecule has 19 heavy (non-hydrogen) atoms. The van der Waals surface area contributed by atoms with Crippen LogP contribution in [-0.4, -0.2) is 36.6 Å². The van der Waals surface area contributed by atoms with Gasteiger partial charge in [0.15, 0.2) is 0 Å². The van der Waals surface area contributed by atoms with E-state index in [1.165, 1.54) is 0 Å². The summed E-state index contributed by atoms with van der Waals surface area (Å²) in [6.07, 6.45) is 0. The second-order valence-corrected chi connectivity index (χ2v) is 4.11. The van der Waals surface area contributed by atoms with Gasteiger partial charge in [0, 0.05) is 26.3 Å². The van der Waals surface area contributed by atoms with E-state index in [1.54, 1.807) is 19.2 Å². The van der Waals surface area contributed by atoms with Gasteiger partial charge in [0.25, 0.3) is 5.69 Å². The minimum Gasteiger partial charge on any atom is -0.383 e. The average Bonchev–Trinajstić information content (AvgIpc) is 2.43. The molecule has 0 aliphatic heterocycles. The zero-order valence-electron chi connectivity index (χ0n) is 11.3. The molecule has 0 spiro atoms. The first-order valence-corrected chi connectivity index (χ1v) is 6.07. The molecule has 0 saturated carbocycles. The van der Waals surface area contributed by atoms with Crippen molar-refractivity contribution >= 4 is 11.4 Å². The summed E-state index contributed by atoms with van der Waals surface area (Å²) >= 11 is 0. The molecule has 0 unspecified atom stereocenters. The predicted octanol–water partition coefficient (Wildman–Crippen LogP) is 1.35. The first kappa shape index (κ1) is 15.4. The predicted molar refractivity (Wildman–Crippen MR) is 73.7 cm³/mol. The maximum Gasteiger partial charge on any atom is 0.293 e. The topological polar surface area (TPSA) is 93.7 Å². The molecule has 0 radical (unpaired) electrons. The molecule has 0 bridgehead atoms. The lowest BCUT2D eigenvalue weighted by Crippen LogP contribution is -2.26. The van der Waals surface area contributed by atoms with Crippen molar-refractivity contribution < 1.29 is 9.66 Å². The quantitative estimate of drug-likeness (QED) is 0.420. The summed E-state index contributed by atoms with van der Waals surface area (Å²) in [5, 5.41) is 10.9. The average molecular weight is 268 g/mol. The van der Waals surface area contributed by atoms with Crippen LogP contribution in [0, 0.1) is 10.1 Å². The van der Waals surface area contributed by atoms with Gasteiger partial charge in [-0.15, -0.1) is 0 Å². The van der Waals surface area contributed by atoms with Crippen molar-refractivity contribution in [3.63, 3.8) is 0 Å². The lowest BCUT2D eigenvalue weighted by Gasteiger charge is -2.20. The lowest BCUT2D eigenvalue weighted by molar-refractivity contribution is -0.384. The zero-order valence-corrected chi connectivity index (χ0v) is 11.3. The Bertz CT molecular complexity index is 425. The van der Waals surface area contributed by atoms with E-state index in [0.717, 1.165) is 18.7 Å². The summed E-state index contributed by atoms with van der Waals surface area (Å²) in [4.78, 5) is 12.6. The highest BCUT2D eigenvalue weighted by Crippen LogP contribution is 2.25. The van der Waals surface area contributed by atoms with Gasteiger partial charge >= 0.3 is 0 Å². The molecule has 7 nitrogen and oxygen atoms in total. The second kappa shape index (κ2) is 7.67. The SMILES string of the molecule is CCN(CCOC)Cc1ccc(NN)c([N+](=O)[O-])c1. The van der Waals surface area contributed by atoms with Crippen LogP contribution in [0.4, 0.5) is 11.4 Å². The van der Waals surface area contributed by atoms with Crippen molar-refractivity contribution in [1.29, 1.82) is 0 Å². The van der Waals surface area contributed by atoms with Gasteiger partial charge in [-0.05, 0) is 18.2 Å². The molecule has 106 valence electrons. The zero-order chi connectivity index (χ0) is 14.3. The number of nitro groups is 1. The Hall–Kier alpha value is -1.70. The van der Waals surface area contributed by atoms with E-state index in [4.69, 9.17) is 10.6 Å². The Morgan fingerprint density at radius 2 is 2.26 bits per heavy atom. The summed E-state index contributed by atoms with van der Waals surface area (Å²) in [5.74, 6) is 5.25. The minimum atomic E-state index is -0.440. The van der Waals surface area contributed by atoms with Crippen LogP contribution in [-0.2, 0) is 11.3 Å². The Labute approximate surface area is 112 Å². The Morgan fingerprint density at radius 3 is 2.79 bits per heavy atom. The third-order valence-electron chi connectivity index (χ3n) is 2.88. The van der Waals surface area contributed by atoms with Crippen LogP contribution >= 0.6 is 0 Å². The summed E-state index contributed by atoms with van der Waals surface area (Å²) in [6, 6.07) is 5.00. The molecular formula is C12H20N4O3. The van der Waals surface area contributed by atoms with Gasteiger partial charge in [0.05, 0.1) is 11.5 Å². The van der Waals surface area contributed by atoms with Gasteiger partial charge < -0.3 is 10.2 Å². The molecule has 1 aromatic rings. The Kier molecular flexibility index (Phi) is 6.20. The highest BCUT2D eigenvalue weighted by atomic mass is 16.6. The van der Waals surface area contributed by atoms with E-state index >= 15 is 0 Å². The number of likely N-dealkylation sites (N-methyl/N-ethyl adjacent to an activating group) is 1. The highest BCUT2D eigenvalue weighted by molar-refractivity contribution is 5.61. The van der Waals surface area contributed by atoms with Crippen LogP contribution in [0.3, 0.4) is 0 Å². The van der Waals surface area contributed by atoms with E-state index in [9.17, 15) is 10.1 Å². The number of methoxy groups -OCH3 is 1. The first-order chi connectivity index (χ1) is 9.12. The Morgan fingerprint density at radius 1 is 1.53 bits per heavy atom. The normalized spacial score (nSPS) is 10.7. The molecule has 0 saturated heterocycles. The van der Waals surface area contributed by atoms with Crippen LogP contribution in [0.1, 0.15) is 12.5 Å². The summed E-state index contributed by atoms with van der Waals surface area (Å²) in [6.45, 7) is 4.97. The second-order valence-electron chi connectivity index (χ2n) is 4.11. The highest BCUT2D eigenvalue weighted by Gasteiger charge is 2.14. The smallest absolute Gasteiger partial charge is 0.293 e. The number of ether oxygens (including phenoxy) is 1. The number of hydrogen-bond donors (Lipinski definition) is 2. The lowest BCUT2D eigenvalue weighted by atomic mass is 10.1. The molecule has 7 heteroatoms. The largest absolute Gasteiger partial charge is 0.383 e. The van der Waals surface area contributed by atoms with Gasteiger partial charge in [-0.1, -0.05) is 13.0 Å². The van der Waals surface area contributed by atoms with Crippen molar-refractivity contribution in [2.75, 3.05) is 32.2 Å². The molecule has 1 rings (SSSR count). The monoisotopic (exact) mass is 268 g/mol. The van der Waals surface area contributed by atoms with E-state index in [2.05, 4.69) is 10.3 Å². The third-order valence-corrected chi connectivity index (χ3v) is 2.88. The molecule has 0 aliphatic carbocycles. The van der Waals surface area contributed by atoms with Crippen LogP contribution in [0.25, 0.3) is 0 Å². The summed E-state index contributed by atoms with van der Waals surface area (Å²) in [7, 11) is 1.65. The van der Waals surface area contributed by atoms with Gasteiger partial charge in [0.2, 0.25) is 0 Å². The number of nitrogens with two attached hydrogens (primary N) is 1. The van der Waals surface area contributed by atoms with Crippen LogP contribution < -0.4 is 11.3 Å². The fourth-order valence-electron chi connectivity index (χ4n) is 1.78. The van der Waals surface area contributed by atoms with E-state index in [-0.39, 0.29) is 5.69 Å². The molecule has 1 aromatic carbocycles. The van der Waals surface area contributed by atoms with E-state index in [0.29, 0.717) is 18.8 Å². The summed E-state index contributed by atoms with van der Waals surface area (Å²) < 4.78 is 5.03. The first-order valence-electron chi connectivity index (χ1n) is 6.07. The van der Waals surface area contributed by atoms with Crippen LogP contribution in [0.5, 0.6) is 0 Å². The van der Waals surface area contributed by atoms with Crippen molar-refractivity contribution in [1.82, 2.24) is 4.90 Å². The number of nitrogen functional groups attached to an aromatic ring is 1. The fourth-order valence-corrected chi connectivity index (χ4v) is 1.78. The maximum atomic E-state index is 10.9. The number of hydrogen-bond acceptors (Lipinski definition) is 6. The molecule has 0 atom stereocenters.